The summed E-state index contributed by atoms with van der Waals surface area (Å²) in [6.07, 6.45) is 0. The van der Waals surface area contributed by atoms with Crippen LogP contribution in [0.5, 0.6) is 0 Å². The van der Waals surface area contributed by atoms with Gasteiger partial charge in [-0.3, -0.25) is 14.4 Å². The Bertz CT molecular complexity index is 205. The molecule has 0 aliphatic carbocycles. The maximum atomic E-state index is 9.00. The van der Waals surface area contributed by atoms with Gasteiger partial charge in [-0.25, -0.2) is 0 Å². The zero-order valence-electron chi connectivity index (χ0n) is 12.0. The molecule has 0 aromatic carbocycles. The molecule has 6 N–H and O–H groups in total. The summed E-state index contributed by atoms with van der Waals surface area (Å²) in [6.45, 7) is 6.85. The van der Waals surface area contributed by atoms with Crippen LogP contribution in [0.15, 0.2) is 0 Å². The molecule has 0 saturated heterocycles. The topological polar surface area (TPSA) is 161 Å². The van der Waals surface area contributed by atoms with Gasteiger partial charge in [0.2, 0.25) is 0 Å². The Labute approximate surface area is 156 Å². The summed E-state index contributed by atoms with van der Waals surface area (Å²) in [7, 11) is 0. The predicted octanol–water partition coefficient (Wildman–Crippen LogP) is -0.722. The number of hydroxylamine groups is 2. The van der Waals surface area contributed by atoms with Gasteiger partial charge in [0.25, 0.3) is 17.9 Å². The molecule has 127 valence electrons. The predicted molar refractivity (Wildman–Crippen MR) is 75.2 cm³/mol. The molecule has 11 heteroatoms. The van der Waals surface area contributed by atoms with E-state index in [1.165, 1.54) is 5.06 Å². The number of carboxylic acid groups (broad SMARTS) is 3. The third-order valence-corrected chi connectivity index (χ3v) is 0.752. The van der Waals surface area contributed by atoms with Crippen molar-refractivity contribution in [2.24, 2.45) is 5.73 Å². The van der Waals surface area contributed by atoms with Gasteiger partial charge in [-0.15, -0.1) is 0 Å². The van der Waals surface area contributed by atoms with Gasteiger partial charge in [-0.2, -0.15) is 5.06 Å². The first kappa shape index (κ1) is 37.2. The zero-order valence-corrected chi connectivity index (χ0v) is 13.0. The monoisotopic (exact) mass is 367 g/mol. The maximum absolute atomic E-state index is 9.00. The van der Waals surface area contributed by atoms with Gasteiger partial charge in [0.1, 0.15) is 0 Å². The van der Waals surface area contributed by atoms with Crippen LogP contribution in [-0.2, 0) is 31.2 Å². The van der Waals surface area contributed by atoms with E-state index < -0.39 is 17.9 Å². The molecule has 0 bridgehead atoms. The summed E-state index contributed by atoms with van der Waals surface area (Å²) >= 11 is 0. The number of hydrogen-bond acceptors (Lipinski definition) is 6. The molecule has 0 rings (SSSR count). The SMILES string of the molecule is CC(=O)O.CC(=O)O.CC(=O)O.CCN(O)CCN.[Co].[NaH]. The van der Waals surface area contributed by atoms with Crippen LogP contribution in [-0.4, -0.2) is 92.7 Å². The van der Waals surface area contributed by atoms with E-state index >= 15 is 0 Å². The van der Waals surface area contributed by atoms with E-state index in [0.29, 0.717) is 19.6 Å². The quantitative estimate of drug-likeness (QED) is 0.320. The van der Waals surface area contributed by atoms with Gasteiger partial charge < -0.3 is 26.3 Å². The van der Waals surface area contributed by atoms with Crippen molar-refractivity contribution in [3.05, 3.63) is 0 Å². The number of likely N-dealkylation sites (N-methyl/N-ethyl adjacent to an activating group) is 1. The first-order valence-corrected chi connectivity index (χ1v) is 5.23. The molecule has 0 aliphatic rings. The molecule has 0 heterocycles. The number of carbonyl (C=O) groups is 3. The number of rotatable bonds is 3. The Hall–Kier alpha value is -0.204. The molecular formula is C10H25CoN2NaO7. The van der Waals surface area contributed by atoms with Crippen molar-refractivity contribution < 1.29 is 51.7 Å². The van der Waals surface area contributed by atoms with Gasteiger partial charge in [0.15, 0.2) is 0 Å². The molecular weight excluding hydrogens is 342 g/mol. The Morgan fingerprint density at radius 3 is 1.19 bits per heavy atom. The molecule has 0 saturated carbocycles. The van der Waals surface area contributed by atoms with Crippen molar-refractivity contribution in [2.45, 2.75) is 27.7 Å². The molecule has 9 nitrogen and oxygen atoms in total. The van der Waals surface area contributed by atoms with Crippen LogP contribution < -0.4 is 5.73 Å². The zero-order chi connectivity index (χ0) is 16.4. The van der Waals surface area contributed by atoms with Crippen molar-refractivity contribution in [3.8, 4) is 0 Å². The van der Waals surface area contributed by atoms with Crippen molar-refractivity contribution in [1.82, 2.24) is 5.06 Å². The Morgan fingerprint density at radius 2 is 1.14 bits per heavy atom. The van der Waals surface area contributed by atoms with E-state index in [1.54, 1.807) is 0 Å². The summed E-state index contributed by atoms with van der Waals surface area (Å²) in [5.74, 6) is -2.50. The molecule has 0 aromatic rings. The molecule has 0 amide bonds. The van der Waals surface area contributed by atoms with Crippen LogP contribution in [0.2, 0.25) is 0 Å². The summed E-state index contributed by atoms with van der Waals surface area (Å²) < 4.78 is 0. The van der Waals surface area contributed by atoms with E-state index in [-0.39, 0.29) is 46.3 Å². The molecule has 0 fully saturated rings. The molecule has 21 heavy (non-hydrogen) atoms. The molecule has 1 radical (unpaired) electrons. The molecule has 0 atom stereocenters. The summed E-state index contributed by atoms with van der Waals surface area (Å²) in [5, 5.41) is 32.0. The number of nitrogens with zero attached hydrogens (tertiary/aromatic N) is 1. The fraction of sp³-hybridized carbons (Fsp3) is 0.700. The Kier molecular flexibility index (Phi) is 56.6. The molecule has 0 unspecified atom stereocenters. The van der Waals surface area contributed by atoms with Crippen LogP contribution in [0.4, 0.5) is 0 Å². The summed E-state index contributed by atoms with van der Waals surface area (Å²) in [6, 6.07) is 0. The van der Waals surface area contributed by atoms with Gasteiger partial charge in [0, 0.05) is 57.2 Å². The van der Waals surface area contributed by atoms with E-state index in [1.807, 2.05) is 6.92 Å². The van der Waals surface area contributed by atoms with Gasteiger partial charge in [-0.05, 0) is 0 Å². The van der Waals surface area contributed by atoms with Gasteiger partial charge in [0.05, 0.1) is 0 Å². The van der Waals surface area contributed by atoms with Crippen LogP contribution in [0.25, 0.3) is 0 Å². The minimum atomic E-state index is -0.833. The first-order valence-electron chi connectivity index (χ1n) is 5.23. The number of nitrogens with two attached hydrogens (primary N) is 1. The van der Waals surface area contributed by atoms with Crippen molar-refractivity contribution >= 4 is 47.5 Å². The third-order valence-electron chi connectivity index (χ3n) is 0.752. The first-order chi connectivity index (χ1) is 8.50. The van der Waals surface area contributed by atoms with Crippen LogP contribution in [0, 0.1) is 0 Å². The van der Waals surface area contributed by atoms with Crippen molar-refractivity contribution in [2.75, 3.05) is 19.6 Å². The van der Waals surface area contributed by atoms with E-state index in [4.69, 9.17) is 40.6 Å². The molecule has 0 aromatic heterocycles. The normalized spacial score (nSPS) is 7.00. The minimum absolute atomic E-state index is 0. The van der Waals surface area contributed by atoms with Crippen LogP contribution in [0.1, 0.15) is 27.7 Å². The molecule has 0 aliphatic heterocycles. The van der Waals surface area contributed by atoms with E-state index in [9.17, 15) is 0 Å². The second-order valence-electron chi connectivity index (χ2n) is 2.89. The number of carboxylic acids is 3. The molecule has 0 spiro atoms. The van der Waals surface area contributed by atoms with Crippen molar-refractivity contribution in [3.63, 3.8) is 0 Å². The van der Waals surface area contributed by atoms with Gasteiger partial charge in [-0.1, -0.05) is 6.92 Å². The average Bonchev–Trinajstić information content (AvgIpc) is 2.15. The fourth-order valence-electron chi connectivity index (χ4n) is 0.307. The van der Waals surface area contributed by atoms with E-state index in [2.05, 4.69) is 0 Å². The number of aliphatic carboxylic acids is 3. The van der Waals surface area contributed by atoms with E-state index in [0.717, 1.165) is 20.8 Å². The second-order valence-corrected chi connectivity index (χ2v) is 2.89. The second kappa shape index (κ2) is 31.9. The fourth-order valence-corrected chi connectivity index (χ4v) is 0.307. The Morgan fingerprint density at radius 1 is 0.952 bits per heavy atom. The van der Waals surface area contributed by atoms with Crippen molar-refractivity contribution in [1.29, 1.82) is 0 Å². The van der Waals surface area contributed by atoms with Gasteiger partial charge >= 0.3 is 29.6 Å². The average molecular weight is 367 g/mol. The summed E-state index contributed by atoms with van der Waals surface area (Å²) in [4.78, 5) is 27.0. The summed E-state index contributed by atoms with van der Waals surface area (Å²) in [5.41, 5.74) is 5.10. The standard InChI is InChI=1S/C4H12N2O.3C2H4O2.Co.Na.H/c1-2-6(7)4-3-5;3*1-2(3)4;;;/h7H,2-5H2,1H3;3*1H3,(H,3,4);;;. The third kappa shape index (κ3) is 273. The Balaban J connectivity index is -0.0000000359. The van der Waals surface area contributed by atoms with Crippen LogP contribution >= 0.6 is 0 Å². The van der Waals surface area contributed by atoms with Crippen LogP contribution in [0.3, 0.4) is 0 Å². The number of hydrogen-bond donors (Lipinski definition) is 5.